The summed E-state index contributed by atoms with van der Waals surface area (Å²) in [5.74, 6) is 6.03. The number of thiol groups is 1. The molecule has 0 heterocycles. The summed E-state index contributed by atoms with van der Waals surface area (Å²) < 4.78 is -0.843. The number of hydrogen-bond acceptors (Lipinski definition) is 18. The van der Waals surface area contributed by atoms with Crippen molar-refractivity contribution in [2.45, 2.75) is 41.6 Å². The number of ketones is 1. The van der Waals surface area contributed by atoms with E-state index in [1.165, 1.54) is 39.5 Å². The van der Waals surface area contributed by atoms with Gasteiger partial charge in [0, 0.05) is 0 Å². The Labute approximate surface area is 687 Å². The molecule has 0 N–H and O–H groups in total. The fraction of sp³-hybridized carbons (Fsp3) is 0.407. The average Bonchev–Trinajstić information content (AvgIpc) is 0.765. The van der Waals surface area contributed by atoms with Crippen LogP contribution in [0.25, 0.3) is 0 Å². The second-order valence-electron chi connectivity index (χ2n) is 24.7. The van der Waals surface area contributed by atoms with E-state index >= 15 is 0 Å². The Morgan fingerprint density at radius 3 is 1.01 bits per heavy atom. The predicted octanol–water partition coefficient (Wildman–Crippen LogP) is 12.5. The van der Waals surface area contributed by atoms with Crippen LogP contribution in [0.4, 0.5) is 0 Å². The van der Waals surface area contributed by atoms with Gasteiger partial charge in [0.1, 0.15) is 0 Å². The molecule has 6 radical (unpaired) electrons. The number of Topliss-reactive ketones (excluding diaryl/α,β-unsaturated/α-hetero) is 1. The minimum absolute atomic E-state index is 0.0259. The molecule has 1 atom stereocenters. The van der Waals surface area contributed by atoms with Crippen molar-refractivity contribution in [3.8, 4) is 0 Å². The molecule has 0 aromatic heterocycles. The van der Waals surface area contributed by atoms with Crippen LogP contribution in [0, 0.1) is 5.92 Å². The van der Waals surface area contributed by atoms with Crippen LogP contribution in [0.3, 0.4) is 0 Å². The molecule has 6 rings (SSSR count). The van der Waals surface area contributed by atoms with E-state index in [9.17, 15) is 28.8 Å². The third-order valence-electron chi connectivity index (χ3n) is 17.5. The van der Waals surface area contributed by atoms with Gasteiger partial charge in [-0.15, -0.1) is 0 Å². The van der Waals surface area contributed by atoms with Gasteiger partial charge in [0.05, 0.1) is 0 Å². The Kier molecular flexibility index (Phi) is 50.8. The molecule has 17 nitrogen and oxygen atoms in total. The third-order valence-corrected chi connectivity index (χ3v) is 23.7. The van der Waals surface area contributed by atoms with Crippen molar-refractivity contribution in [3.63, 3.8) is 0 Å². The number of nitrogens with zero attached hydrogens (tertiary/aromatic N) is 11. The summed E-state index contributed by atoms with van der Waals surface area (Å²) in [7, 11) is 31.6. The molecule has 0 saturated heterocycles. The summed E-state index contributed by atoms with van der Waals surface area (Å²) in [6.07, 6.45) is 7.27. The van der Waals surface area contributed by atoms with Crippen LogP contribution < -0.4 is 0 Å². The number of carbonyl (C=O) groups excluding carboxylic acids is 6. The van der Waals surface area contributed by atoms with Gasteiger partial charge < -0.3 is 0 Å². The second-order valence-corrected chi connectivity index (χ2v) is 31.4. The molecular weight excluding hydrogens is 1480 g/mol. The molecule has 0 bridgehead atoms. The van der Waals surface area contributed by atoms with Crippen molar-refractivity contribution in [2.24, 2.45) is 35.3 Å². The van der Waals surface area contributed by atoms with Crippen LogP contribution in [-0.4, -0.2) is 262 Å². The molecule has 5 amide bonds. The van der Waals surface area contributed by atoms with Crippen molar-refractivity contribution in [2.75, 3.05) is 156 Å². The van der Waals surface area contributed by atoms with E-state index < -0.39 is 9.49 Å². The first-order valence-electron chi connectivity index (χ1n) is 36.7. The van der Waals surface area contributed by atoms with E-state index in [1.54, 1.807) is 71.9 Å². The van der Waals surface area contributed by atoms with Crippen LogP contribution in [-0.2, 0) is 38.3 Å². The van der Waals surface area contributed by atoms with Crippen LogP contribution in [0.5, 0.6) is 0 Å². The molecule has 1 unspecified atom stereocenters. The van der Waals surface area contributed by atoms with Gasteiger partial charge in [0.2, 0.25) is 0 Å². The number of benzene rings is 6. The second kappa shape index (κ2) is 58.7. The van der Waals surface area contributed by atoms with Crippen molar-refractivity contribution in [1.82, 2.24) is 24.5 Å². The summed E-state index contributed by atoms with van der Waals surface area (Å²) in [5, 5.41) is 0. The topological polar surface area (TPSA) is 193 Å². The molecular formula is C81H101B6N11O6S6. The zero-order valence-electron chi connectivity index (χ0n) is 63.3. The van der Waals surface area contributed by atoms with Crippen molar-refractivity contribution >= 4 is 153 Å². The summed E-state index contributed by atoms with van der Waals surface area (Å²) in [6, 6.07) is 63.4. The first-order valence-corrected chi connectivity index (χ1v) is 42.7. The van der Waals surface area contributed by atoms with Gasteiger partial charge in [-0.05, 0) is 0 Å². The van der Waals surface area contributed by atoms with E-state index in [2.05, 4.69) is 207 Å². The predicted molar refractivity (Wildman–Crippen MR) is 473 cm³/mol. The summed E-state index contributed by atoms with van der Waals surface area (Å²) >= 11 is 12.8. The van der Waals surface area contributed by atoms with Crippen LogP contribution >= 0.6 is 71.4 Å². The molecule has 110 heavy (non-hydrogen) atoms. The van der Waals surface area contributed by atoms with Gasteiger partial charge in [0.25, 0.3) is 0 Å². The molecule has 6 aromatic rings. The van der Waals surface area contributed by atoms with E-state index in [0.29, 0.717) is 158 Å². The zero-order chi connectivity index (χ0) is 79.7. The van der Waals surface area contributed by atoms with Gasteiger partial charge in [-0.25, -0.2) is 0 Å². The van der Waals surface area contributed by atoms with Gasteiger partial charge in [-0.1, -0.05) is 0 Å². The fourth-order valence-corrected chi connectivity index (χ4v) is 17.9. The van der Waals surface area contributed by atoms with Crippen LogP contribution in [0.2, 0.25) is 0 Å². The number of rotatable bonds is 56. The Balaban J connectivity index is 0.000000389. The summed E-state index contributed by atoms with van der Waals surface area (Å²) in [5.41, 5.74) is 7.20. The van der Waals surface area contributed by atoms with Gasteiger partial charge in [-0.2, -0.15) is 0 Å². The molecule has 29 heteroatoms. The molecule has 0 aliphatic heterocycles. The summed E-state index contributed by atoms with van der Waals surface area (Å²) in [4.78, 5) is 105. The Morgan fingerprint density at radius 2 is 0.682 bits per heavy atom. The quantitative estimate of drug-likeness (QED) is 0.00954. The molecule has 0 fully saturated rings. The first kappa shape index (κ1) is 95.2. The summed E-state index contributed by atoms with van der Waals surface area (Å²) in [6.45, 7) is 17.7. The molecule has 6 aromatic carbocycles. The Bertz CT molecular complexity index is 3540. The van der Waals surface area contributed by atoms with Crippen LogP contribution in [0.15, 0.2) is 249 Å². The van der Waals surface area contributed by atoms with E-state index in [-0.39, 0.29) is 54.3 Å². The molecule has 570 valence electrons. The SMILES string of the molecule is [B]=NCCC(CCSC(c1ccccc1)(c1ccccc1)c1ccccc1)C(=O)CCSCCN(CCN=[B])C(=O)CCSCCN(CC=C)C(=O)CN=[B].[B]=NCCN(CCS)C(=O)CCSCCN(CC=C)C(=O)CN=[B].[B]=NCCN(CCSC(c1ccccc1)(c1ccccc1)c1ccccc1)C(=O)C=C. The number of amides is 5. The molecule has 0 aliphatic rings. The minimum atomic E-state index is -0.445. The Hall–Kier alpha value is -7.15. The van der Waals surface area contributed by atoms with E-state index in [4.69, 9.17) is 45.8 Å². The third kappa shape index (κ3) is 34.0. The van der Waals surface area contributed by atoms with Crippen molar-refractivity contribution in [1.29, 1.82) is 0 Å². The zero-order valence-corrected chi connectivity index (χ0v) is 68.3. The fourth-order valence-electron chi connectivity index (χ4n) is 11.9. The molecule has 0 aliphatic carbocycles. The Morgan fingerprint density at radius 1 is 0.364 bits per heavy atom. The number of thioether (sulfide) groups is 5. The van der Waals surface area contributed by atoms with Gasteiger partial charge in [-0.3, -0.25) is 0 Å². The van der Waals surface area contributed by atoms with E-state index in [1.807, 2.05) is 59.9 Å². The first-order chi connectivity index (χ1) is 53.7. The molecule has 0 spiro atoms. The van der Waals surface area contributed by atoms with Gasteiger partial charge in [0.15, 0.2) is 0 Å². The van der Waals surface area contributed by atoms with E-state index in [0.717, 1.165) is 17.3 Å². The maximum absolute atomic E-state index is 13.6. The monoisotopic (exact) mass is 1580 g/mol. The van der Waals surface area contributed by atoms with Crippen molar-refractivity contribution in [3.05, 3.63) is 253 Å². The van der Waals surface area contributed by atoms with Gasteiger partial charge >= 0.3 is 693 Å². The molecule has 0 saturated carbocycles. The maximum atomic E-state index is 13.6. The standard InChI is InChI=1S/C41H51B3N5O3S3.C26H26BN2OS.C14H24B2N4O2S2/c1-2-24-48(40(52)33-47-44)26-31-54-29-21-39(51)49(25-23-46-43)27-32-53-28-20-38(50)34(18-22-45-42)19-30-55-41(35-12-6-3-7-13-35,36-14-8-4-9-15-36)37-16-10-5-11-17-37;1-2-25(30)29(19-18-28-27)20-21-31-26(22-12-6-3-7-13-22,23-14-8-4-9-15-23)24-16-10-5-11-17-24;1-2-5-19(14(22)12-18-16)8-11-24-10-3-13(21)20(7-9-23)6-4-17-15/h2-17,34H,1,18-33H2;2-17H,1,18-21H2;2,23H,1,3-12H2. The van der Waals surface area contributed by atoms with Crippen LogP contribution in [0.1, 0.15) is 65.5 Å². The average molecular weight is 1580 g/mol. The number of hydrogen-bond donors (Lipinski definition) is 1. The normalized spacial score (nSPS) is 11.0. The van der Waals surface area contributed by atoms with Crippen molar-refractivity contribution < 1.29 is 28.8 Å². The number of carbonyl (C=O) groups is 6.